The number of anilines is 1. The molecule has 0 saturated carbocycles. The predicted molar refractivity (Wildman–Crippen MR) is 107 cm³/mol. The Labute approximate surface area is 164 Å². The smallest absolute Gasteiger partial charge is 0.265 e. The lowest BCUT2D eigenvalue weighted by Crippen LogP contribution is -2.34. The third-order valence-corrected chi connectivity index (χ3v) is 3.89. The van der Waals surface area contributed by atoms with Gasteiger partial charge in [0.1, 0.15) is 5.75 Å². The van der Waals surface area contributed by atoms with Crippen molar-refractivity contribution in [2.24, 2.45) is 0 Å². The van der Waals surface area contributed by atoms with Gasteiger partial charge in [-0.15, -0.1) is 0 Å². The van der Waals surface area contributed by atoms with Gasteiger partial charge >= 0.3 is 0 Å². The number of para-hydroxylation sites is 1. The monoisotopic (exact) mass is 383 g/mol. The van der Waals surface area contributed by atoms with Gasteiger partial charge in [-0.2, -0.15) is 0 Å². The molecule has 148 valence electrons. The summed E-state index contributed by atoms with van der Waals surface area (Å²) in [7, 11) is 0. The van der Waals surface area contributed by atoms with Crippen molar-refractivity contribution in [3.8, 4) is 5.75 Å². The average Bonchev–Trinajstić information content (AvgIpc) is 2.72. The van der Waals surface area contributed by atoms with Crippen LogP contribution in [0, 0.1) is 0 Å². The summed E-state index contributed by atoms with van der Waals surface area (Å²) in [5, 5.41) is 8.16. The van der Waals surface area contributed by atoms with E-state index in [-0.39, 0.29) is 17.7 Å². The molecule has 0 heterocycles. The number of carbonyl (C=O) groups is 3. The molecule has 0 aromatic heterocycles. The van der Waals surface area contributed by atoms with Gasteiger partial charge in [-0.25, -0.2) is 0 Å². The average molecular weight is 383 g/mol. The number of amides is 3. The number of carbonyl (C=O) groups excluding carboxylic acids is 3. The van der Waals surface area contributed by atoms with E-state index < -0.39 is 6.10 Å². The fourth-order valence-electron chi connectivity index (χ4n) is 2.31. The molecule has 2 aromatic rings. The van der Waals surface area contributed by atoms with Crippen molar-refractivity contribution in [1.29, 1.82) is 0 Å². The van der Waals surface area contributed by atoms with E-state index in [1.165, 1.54) is 0 Å². The summed E-state index contributed by atoms with van der Waals surface area (Å²) in [6.07, 6.45) is -0.250. The predicted octanol–water partition coefficient (Wildman–Crippen LogP) is 2.35. The molecule has 7 nitrogen and oxygen atoms in total. The van der Waals surface area contributed by atoms with Crippen molar-refractivity contribution in [3.05, 3.63) is 60.2 Å². The zero-order valence-corrected chi connectivity index (χ0v) is 16.0. The van der Waals surface area contributed by atoms with Crippen molar-refractivity contribution < 1.29 is 19.1 Å². The van der Waals surface area contributed by atoms with Crippen LogP contribution in [0.15, 0.2) is 54.6 Å². The molecule has 2 rings (SSSR count). The van der Waals surface area contributed by atoms with Gasteiger partial charge in [-0.05, 0) is 43.3 Å². The first-order valence-corrected chi connectivity index (χ1v) is 9.17. The van der Waals surface area contributed by atoms with Gasteiger partial charge in [0.25, 0.3) is 11.8 Å². The molecule has 2 aromatic carbocycles. The lowest BCUT2D eigenvalue weighted by atomic mass is 10.2. The Balaban J connectivity index is 1.80. The summed E-state index contributed by atoms with van der Waals surface area (Å²) >= 11 is 0. The second kappa shape index (κ2) is 10.7. The fraction of sp³-hybridized carbons (Fsp3) is 0.286. The molecule has 0 fully saturated rings. The van der Waals surface area contributed by atoms with Gasteiger partial charge < -0.3 is 20.7 Å². The lowest BCUT2D eigenvalue weighted by molar-refractivity contribution is -0.122. The van der Waals surface area contributed by atoms with Crippen LogP contribution in [0.3, 0.4) is 0 Å². The summed E-state index contributed by atoms with van der Waals surface area (Å²) in [6.45, 7) is 4.16. The summed E-state index contributed by atoms with van der Waals surface area (Å²) in [4.78, 5) is 35.4. The van der Waals surface area contributed by atoms with Crippen molar-refractivity contribution >= 4 is 23.4 Å². The van der Waals surface area contributed by atoms with E-state index in [1.54, 1.807) is 50.2 Å². The number of benzene rings is 2. The van der Waals surface area contributed by atoms with Crippen LogP contribution in [0.2, 0.25) is 0 Å². The van der Waals surface area contributed by atoms with E-state index in [9.17, 15) is 14.4 Å². The van der Waals surface area contributed by atoms with E-state index in [0.29, 0.717) is 36.5 Å². The van der Waals surface area contributed by atoms with Gasteiger partial charge in [0.05, 0.1) is 0 Å². The first-order valence-electron chi connectivity index (χ1n) is 9.17. The maximum atomic E-state index is 12.2. The molecule has 0 radical (unpaired) electrons. The second-order valence-corrected chi connectivity index (χ2v) is 6.10. The molecule has 0 aliphatic rings. The zero-order valence-electron chi connectivity index (χ0n) is 16.0. The standard InChI is InChI=1S/C21H25N3O4/c1-3-19(25)22-13-14-23-21(27)16-9-11-17(12-10-16)24-20(26)15(2)28-18-7-5-4-6-8-18/h4-12,15H,3,13-14H2,1-2H3,(H,22,25)(H,23,27)(H,24,26). The minimum absolute atomic E-state index is 0.0557. The maximum absolute atomic E-state index is 12.2. The minimum Gasteiger partial charge on any atom is -0.481 e. The highest BCUT2D eigenvalue weighted by atomic mass is 16.5. The maximum Gasteiger partial charge on any atom is 0.265 e. The number of ether oxygens (including phenoxy) is 1. The van der Waals surface area contributed by atoms with Crippen LogP contribution < -0.4 is 20.7 Å². The van der Waals surface area contributed by atoms with Crippen molar-refractivity contribution in [2.75, 3.05) is 18.4 Å². The summed E-state index contributed by atoms with van der Waals surface area (Å²) in [5.74, 6) is 0.0317. The molecular formula is C21H25N3O4. The lowest BCUT2D eigenvalue weighted by Gasteiger charge is -2.15. The molecule has 0 aliphatic heterocycles. The third-order valence-electron chi connectivity index (χ3n) is 3.89. The highest BCUT2D eigenvalue weighted by Gasteiger charge is 2.15. The van der Waals surface area contributed by atoms with Crippen LogP contribution in [-0.4, -0.2) is 36.9 Å². The number of nitrogens with one attached hydrogen (secondary N) is 3. The Bertz CT molecular complexity index is 791. The summed E-state index contributed by atoms with van der Waals surface area (Å²) in [6, 6.07) is 15.7. The Morgan fingerprint density at radius 2 is 1.57 bits per heavy atom. The van der Waals surface area contributed by atoms with E-state index >= 15 is 0 Å². The minimum atomic E-state index is -0.663. The third kappa shape index (κ3) is 6.75. The Kier molecular flexibility index (Phi) is 8.02. The van der Waals surface area contributed by atoms with Crippen molar-refractivity contribution in [1.82, 2.24) is 10.6 Å². The van der Waals surface area contributed by atoms with Crippen molar-refractivity contribution in [3.63, 3.8) is 0 Å². The number of hydrogen-bond donors (Lipinski definition) is 3. The fourth-order valence-corrected chi connectivity index (χ4v) is 2.31. The molecule has 0 saturated heterocycles. The van der Waals surface area contributed by atoms with Gasteiger partial charge in [0, 0.05) is 30.8 Å². The Morgan fingerprint density at radius 3 is 2.21 bits per heavy atom. The van der Waals surface area contributed by atoms with Crippen molar-refractivity contribution in [2.45, 2.75) is 26.4 Å². The van der Waals surface area contributed by atoms with E-state index in [4.69, 9.17) is 4.74 Å². The Morgan fingerprint density at radius 1 is 0.929 bits per heavy atom. The SMILES string of the molecule is CCC(=O)NCCNC(=O)c1ccc(NC(=O)C(C)Oc2ccccc2)cc1. The largest absolute Gasteiger partial charge is 0.481 e. The summed E-state index contributed by atoms with van der Waals surface area (Å²) in [5.41, 5.74) is 1.04. The quantitative estimate of drug-likeness (QED) is 0.579. The van der Waals surface area contributed by atoms with E-state index in [0.717, 1.165) is 0 Å². The van der Waals surface area contributed by atoms with Crippen LogP contribution in [0.25, 0.3) is 0 Å². The molecule has 1 unspecified atom stereocenters. The molecular weight excluding hydrogens is 358 g/mol. The van der Waals surface area contributed by atoms with E-state index in [1.807, 2.05) is 18.2 Å². The number of hydrogen-bond acceptors (Lipinski definition) is 4. The molecule has 7 heteroatoms. The molecule has 1 atom stereocenters. The molecule has 28 heavy (non-hydrogen) atoms. The molecule has 0 aliphatic carbocycles. The van der Waals surface area contributed by atoms with Crippen LogP contribution in [-0.2, 0) is 9.59 Å². The van der Waals surface area contributed by atoms with E-state index in [2.05, 4.69) is 16.0 Å². The zero-order chi connectivity index (χ0) is 20.4. The van der Waals surface area contributed by atoms with Crippen LogP contribution >= 0.6 is 0 Å². The first kappa shape index (κ1) is 21.0. The molecule has 3 N–H and O–H groups in total. The van der Waals surface area contributed by atoms with Crippen LogP contribution in [0.1, 0.15) is 30.6 Å². The van der Waals surface area contributed by atoms with Gasteiger partial charge in [-0.1, -0.05) is 25.1 Å². The van der Waals surface area contributed by atoms with Crippen LogP contribution in [0.4, 0.5) is 5.69 Å². The van der Waals surface area contributed by atoms with Gasteiger partial charge in [0.2, 0.25) is 5.91 Å². The molecule has 0 spiro atoms. The van der Waals surface area contributed by atoms with Gasteiger partial charge in [0.15, 0.2) is 6.10 Å². The molecule has 3 amide bonds. The normalized spacial score (nSPS) is 11.2. The highest BCUT2D eigenvalue weighted by Crippen LogP contribution is 2.13. The topological polar surface area (TPSA) is 96.5 Å². The summed E-state index contributed by atoms with van der Waals surface area (Å²) < 4.78 is 5.58. The first-order chi connectivity index (χ1) is 13.5. The molecule has 0 bridgehead atoms. The second-order valence-electron chi connectivity index (χ2n) is 6.10. The van der Waals surface area contributed by atoms with Crippen LogP contribution in [0.5, 0.6) is 5.75 Å². The highest BCUT2D eigenvalue weighted by molar-refractivity contribution is 5.96. The van der Waals surface area contributed by atoms with Gasteiger partial charge in [-0.3, -0.25) is 14.4 Å². The number of rotatable bonds is 9. The Hall–Kier alpha value is -3.35.